The van der Waals surface area contributed by atoms with Crippen LogP contribution in [0, 0.1) is 17.8 Å². The zero-order chi connectivity index (χ0) is 17.3. The van der Waals surface area contributed by atoms with Crippen molar-refractivity contribution in [1.82, 2.24) is 10.6 Å². The highest BCUT2D eigenvalue weighted by Gasteiger charge is 2.40. The van der Waals surface area contributed by atoms with E-state index >= 15 is 0 Å². The van der Waals surface area contributed by atoms with Gasteiger partial charge in [-0.3, -0.25) is 0 Å². The smallest absolute Gasteiger partial charge is 0.191 e. The highest BCUT2D eigenvalue weighted by Crippen LogP contribution is 2.44. The highest BCUT2D eigenvalue weighted by molar-refractivity contribution is 14.0. The Balaban J connectivity index is 0.00000196. The first-order valence-electron chi connectivity index (χ1n) is 9.35. The summed E-state index contributed by atoms with van der Waals surface area (Å²) in [4.78, 5) is 4.66. The lowest BCUT2D eigenvalue weighted by Gasteiger charge is -2.25. The van der Waals surface area contributed by atoms with Crippen molar-refractivity contribution in [2.45, 2.75) is 44.7 Å². The van der Waals surface area contributed by atoms with Crippen molar-refractivity contribution in [3.8, 4) is 0 Å². The molecule has 1 aromatic heterocycles. The summed E-state index contributed by atoms with van der Waals surface area (Å²) >= 11 is 0. The van der Waals surface area contributed by atoms with Crippen LogP contribution in [0.2, 0.25) is 0 Å². The third-order valence-electron chi connectivity index (χ3n) is 5.92. The van der Waals surface area contributed by atoms with E-state index in [0.29, 0.717) is 30.6 Å². The predicted molar refractivity (Wildman–Crippen MR) is 112 cm³/mol. The average molecular weight is 493 g/mol. The van der Waals surface area contributed by atoms with Gasteiger partial charge in [-0.05, 0) is 55.6 Å². The summed E-state index contributed by atoms with van der Waals surface area (Å²) < 4.78 is 28.7. The standard InChI is InChI=1S/C18H27N3O3S.HI/c22-25(23)7-5-14(12-25)10-19-18(20-11-16-2-1-6-24-16)21-17-9-13-3-4-15(17)8-13;/h1-2,6,13-15,17H,3-5,7-12H2,(H2,19,20,21);1H. The number of furan rings is 1. The molecule has 4 atom stereocenters. The number of rotatable bonds is 5. The molecule has 2 aliphatic carbocycles. The summed E-state index contributed by atoms with van der Waals surface area (Å²) in [6.45, 7) is 1.15. The minimum absolute atomic E-state index is 0. The first-order valence-corrected chi connectivity index (χ1v) is 11.2. The second-order valence-electron chi connectivity index (χ2n) is 7.82. The van der Waals surface area contributed by atoms with Gasteiger partial charge in [-0.1, -0.05) is 6.42 Å². The summed E-state index contributed by atoms with van der Waals surface area (Å²) in [5, 5.41) is 6.98. The van der Waals surface area contributed by atoms with E-state index in [-0.39, 0.29) is 29.9 Å². The molecule has 3 aliphatic rings. The first kappa shape index (κ1) is 20.0. The van der Waals surface area contributed by atoms with Gasteiger partial charge in [0, 0.05) is 12.6 Å². The van der Waals surface area contributed by atoms with E-state index in [4.69, 9.17) is 4.42 Å². The molecule has 1 saturated heterocycles. The third-order valence-corrected chi connectivity index (χ3v) is 7.76. The van der Waals surface area contributed by atoms with E-state index in [1.54, 1.807) is 6.26 Å². The van der Waals surface area contributed by atoms with Gasteiger partial charge in [-0.25, -0.2) is 13.4 Å². The van der Waals surface area contributed by atoms with Gasteiger partial charge < -0.3 is 15.1 Å². The Morgan fingerprint density at radius 1 is 1.27 bits per heavy atom. The molecule has 2 bridgehead atoms. The predicted octanol–water partition coefficient (Wildman–Crippen LogP) is 2.56. The SMILES string of the molecule is I.O=S1(=O)CCC(CNC(=NCc2ccco2)NC2CC3CCC2C3)C1. The molecular weight excluding hydrogens is 465 g/mol. The summed E-state index contributed by atoms with van der Waals surface area (Å²) in [6, 6.07) is 4.28. The summed E-state index contributed by atoms with van der Waals surface area (Å²) in [7, 11) is -2.84. The zero-order valence-electron chi connectivity index (χ0n) is 14.9. The molecule has 4 rings (SSSR count). The molecule has 8 heteroatoms. The van der Waals surface area contributed by atoms with Crippen LogP contribution in [0.5, 0.6) is 0 Å². The fourth-order valence-corrected chi connectivity index (χ4v) is 6.45. The maximum absolute atomic E-state index is 11.6. The molecule has 0 radical (unpaired) electrons. The van der Waals surface area contributed by atoms with Crippen LogP contribution in [0.4, 0.5) is 0 Å². The van der Waals surface area contributed by atoms with Crippen molar-refractivity contribution in [3.05, 3.63) is 24.2 Å². The Hall–Kier alpha value is -0.770. The van der Waals surface area contributed by atoms with Crippen LogP contribution in [0.3, 0.4) is 0 Å². The van der Waals surface area contributed by atoms with Crippen LogP contribution in [-0.2, 0) is 16.4 Å². The summed E-state index contributed by atoms with van der Waals surface area (Å²) in [5.41, 5.74) is 0. The first-order chi connectivity index (χ1) is 12.1. The number of sulfone groups is 1. The topological polar surface area (TPSA) is 83.7 Å². The maximum Gasteiger partial charge on any atom is 0.191 e. The van der Waals surface area contributed by atoms with E-state index in [0.717, 1.165) is 30.0 Å². The normalized spacial score (nSPS) is 32.4. The Bertz CT molecular complexity index is 720. The van der Waals surface area contributed by atoms with Crippen LogP contribution >= 0.6 is 24.0 Å². The fraction of sp³-hybridized carbons (Fsp3) is 0.722. The molecule has 6 nitrogen and oxygen atoms in total. The Kier molecular flexibility index (Phi) is 6.53. The minimum atomic E-state index is -2.84. The van der Waals surface area contributed by atoms with Crippen LogP contribution < -0.4 is 10.6 Å². The van der Waals surface area contributed by atoms with E-state index in [2.05, 4.69) is 15.6 Å². The van der Waals surface area contributed by atoms with Crippen LogP contribution in [0.15, 0.2) is 27.8 Å². The largest absolute Gasteiger partial charge is 0.467 e. The molecule has 2 heterocycles. The molecule has 4 unspecified atom stereocenters. The van der Waals surface area contributed by atoms with Gasteiger partial charge in [0.25, 0.3) is 0 Å². The summed E-state index contributed by atoms with van der Waals surface area (Å²) in [5.74, 6) is 4.04. The molecule has 0 amide bonds. The molecule has 1 aliphatic heterocycles. The van der Waals surface area contributed by atoms with Gasteiger partial charge >= 0.3 is 0 Å². The molecule has 146 valence electrons. The Labute approximate surface area is 172 Å². The van der Waals surface area contributed by atoms with E-state index in [1.807, 2.05) is 12.1 Å². The molecule has 2 N–H and O–H groups in total. The van der Waals surface area contributed by atoms with Crippen molar-refractivity contribution < 1.29 is 12.8 Å². The summed E-state index contributed by atoms with van der Waals surface area (Å²) in [6.07, 6.45) is 7.65. The van der Waals surface area contributed by atoms with Gasteiger partial charge in [-0.15, -0.1) is 24.0 Å². The van der Waals surface area contributed by atoms with Crippen LogP contribution in [-0.4, -0.2) is 38.5 Å². The monoisotopic (exact) mass is 493 g/mol. The van der Waals surface area contributed by atoms with Crippen molar-refractivity contribution >= 4 is 39.8 Å². The number of nitrogens with zero attached hydrogens (tertiary/aromatic N) is 1. The van der Waals surface area contributed by atoms with Gasteiger partial charge in [0.2, 0.25) is 0 Å². The quantitative estimate of drug-likeness (QED) is 0.374. The minimum Gasteiger partial charge on any atom is -0.467 e. The van der Waals surface area contributed by atoms with Crippen molar-refractivity contribution in [3.63, 3.8) is 0 Å². The van der Waals surface area contributed by atoms with Gasteiger partial charge in [0.05, 0.1) is 17.8 Å². The number of aliphatic imine (C=N–C) groups is 1. The molecule has 0 aromatic carbocycles. The van der Waals surface area contributed by atoms with Crippen LogP contribution in [0.1, 0.15) is 37.9 Å². The maximum atomic E-state index is 11.6. The second kappa shape index (κ2) is 8.50. The molecule has 26 heavy (non-hydrogen) atoms. The van der Waals surface area contributed by atoms with E-state index in [1.165, 1.54) is 25.7 Å². The average Bonchev–Trinajstić information content (AvgIpc) is 3.35. The van der Waals surface area contributed by atoms with Gasteiger partial charge in [0.15, 0.2) is 15.8 Å². The number of nitrogens with one attached hydrogen (secondary N) is 2. The lowest BCUT2D eigenvalue weighted by molar-refractivity contribution is 0.386. The number of hydrogen-bond acceptors (Lipinski definition) is 4. The number of halogens is 1. The number of guanidine groups is 1. The van der Waals surface area contributed by atoms with Crippen LogP contribution in [0.25, 0.3) is 0 Å². The molecular formula is C18H28IN3O3S. The molecule has 0 spiro atoms. The van der Waals surface area contributed by atoms with E-state index < -0.39 is 9.84 Å². The van der Waals surface area contributed by atoms with E-state index in [9.17, 15) is 8.42 Å². The van der Waals surface area contributed by atoms with Gasteiger partial charge in [-0.2, -0.15) is 0 Å². The fourth-order valence-electron chi connectivity index (χ4n) is 4.58. The second-order valence-corrected chi connectivity index (χ2v) is 10.0. The Morgan fingerprint density at radius 2 is 2.15 bits per heavy atom. The lowest BCUT2D eigenvalue weighted by Crippen LogP contribution is -2.47. The third kappa shape index (κ3) is 4.94. The number of hydrogen-bond donors (Lipinski definition) is 2. The number of fused-ring (bicyclic) bond motifs is 2. The van der Waals surface area contributed by atoms with Crippen molar-refractivity contribution in [1.29, 1.82) is 0 Å². The van der Waals surface area contributed by atoms with Crippen molar-refractivity contribution in [2.24, 2.45) is 22.7 Å². The zero-order valence-corrected chi connectivity index (χ0v) is 18.0. The lowest BCUT2D eigenvalue weighted by atomic mass is 9.95. The molecule has 1 aromatic rings. The Morgan fingerprint density at radius 3 is 2.77 bits per heavy atom. The van der Waals surface area contributed by atoms with Gasteiger partial charge in [0.1, 0.15) is 12.3 Å². The highest BCUT2D eigenvalue weighted by atomic mass is 127. The molecule has 2 saturated carbocycles. The van der Waals surface area contributed by atoms with Crippen molar-refractivity contribution in [2.75, 3.05) is 18.1 Å². The molecule has 3 fully saturated rings.